The molecule has 3 rings (SSSR count). The molecule has 0 aliphatic carbocycles. The first-order valence-corrected chi connectivity index (χ1v) is 9.61. The SMILES string of the molecule is CCOc1ccccc1CNC(=O)COc1ccc(-c2nc(C(C)C)no2)cc1. The molecule has 0 spiro atoms. The number of benzene rings is 2. The maximum Gasteiger partial charge on any atom is 0.258 e. The summed E-state index contributed by atoms with van der Waals surface area (Å²) in [6.45, 7) is 6.82. The smallest absolute Gasteiger partial charge is 0.258 e. The molecular formula is C22H25N3O4. The van der Waals surface area contributed by atoms with Crippen LogP contribution in [0.1, 0.15) is 38.1 Å². The number of hydrogen-bond donors (Lipinski definition) is 1. The number of hydrogen-bond acceptors (Lipinski definition) is 6. The van der Waals surface area contributed by atoms with Crippen LogP contribution >= 0.6 is 0 Å². The van der Waals surface area contributed by atoms with E-state index in [1.807, 2.05) is 57.2 Å². The lowest BCUT2D eigenvalue weighted by Gasteiger charge is -2.11. The number of para-hydroxylation sites is 1. The molecule has 0 unspecified atom stereocenters. The van der Waals surface area contributed by atoms with Crippen molar-refractivity contribution in [2.24, 2.45) is 0 Å². The van der Waals surface area contributed by atoms with Crippen LogP contribution in [0, 0.1) is 0 Å². The molecule has 0 saturated carbocycles. The van der Waals surface area contributed by atoms with Gasteiger partial charge < -0.3 is 19.3 Å². The highest BCUT2D eigenvalue weighted by molar-refractivity contribution is 5.77. The van der Waals surface area contributed by atoms with Crippen LogP contribution in [0.3, 0.4) is 0 Å². The summed E-state index contributed by atoms with van der Waals surface area (Å²) in [6, 6.07) is 14.8. The lowest BCUT2D eigenvalue weighted by molar-refractivity contribution is -0.123. The second-order valence-electron chi connectivity index (χ2n) is 6.74. The Hall–Kier alpha value is -3.35. The molecule has 0 bridgehead atoms. The molecule has 0 atom stereocenters. The molecule has 7 heteroatoms. The number of carbonyl (C=O) groups excluding carboxylic acids is 1. The Balaban J connectivity index is 1.50. The summed E-state index contributed by atoms with van der Waals surface area (Å²) >= 11 is 0. The monoisotopic (exact) mass is 395 g/mol. The minimum atomic E-state index is -0.209. The molecule has 0 saturated heterocycles. The predicted molar refractivity (Wildman–Crippen MR) is 109 cm³/mol. The molecule has 7 nitrogen and oxygen atoms in total. The Morgan fingerprint density at radius 2 is 1.86 bits per heavy atom. The fraction of sp³-hybridized carbons (Fsp3) is 0.318. The van der Waals surface area contributed by atoms with Crippen molar-refractivity contribution in [3.63, 3.8) is 0 Å². The normalized spacial score (nSPS) is 10.8. The topological polar surface area (TPSA) is 86.5 Å². The van der Waals surface area contributed by atoms with Crippen molar-refractivity contribution in [3.8, 4) is 23.0 Å². The highest BCUT2D eigenvalue weighted by Crippen LogP contribution is 2.22. The largest absolute Gasteiger partial charge is 0.494 e. The fourth-order valence-corrected chi connectivity index (χ4v) is 2.62. The van der Waals surface area contributed by atoms with E-state index in [-0.39, 0.29) is 18.4 Å². The lowest BCUT2D eigenvalue weighted by atomic mass is 10.2. The summed E-state index contributed by atoms with van der Waals surface area (Å²) < 4.78 is 16.4. The van der Waals surface area contributed by atoms with Gasteiger partial charge in [0.25, 0.3) is 11.8 Å². The molecule has 152 valence electrons. The molecule has 1 amide bonds. The van der Waals surface area contributed by atoms with Crippen LogP contribution in [-0.4, -0.2) is 29.3 Å². The summed E-state index contributed by atoms with van der Waals surface area (Å²) in [4.78, 5) is 16.5. The molecule has 29 heavy (non-hydrogen) atoms. The Kier molecular flexibility index (Phi) is 6.84. The molecule has 0 aliphatic heterocycles. The van der Waals surface area contributed by atoms with Gasteiger partial charge in [-0.1, -0.05) is 37.2 Å². The van der Waals surface area contributed by atoms with Gasteiger partial charge in [-0.05, 0) is 37.3 Å². The number of ether oxygens (including phenoxy) is 2. The van der Waals surface area contributed by atoms with Gasteiger partial charge in [-0.3, -0.25) is 4.79 Å². The van der Waals surface area contributed by atoms with Crippen molar-refractivity contribution in [3.05, 3.63) is 59.9 Å². The van der Waals surface area contributed by atoms with E-state index in [4.69, 9.17) is 14.0 Å². The van der Waals surface area contributed by atoms with Crippen LogP contribution in [0.2, 0.25) is 0 Å². The number of nitrogens with one attached hydrogen (secondary N) is 1. The first kappa shape index (κ1) is 20.4. The van der Waals surface area contributed by atoms with E-state index in [2.05, 4.69) is 15.5 Å². The van der Waals surface area contributed by atoms with Crippen molar-refractivity contribution >= 4 is 5.91 Å². The van der Waals surface area contributed by atoms with Crippen molar-refractivity contribution in [2.45, 2.75) is 33.2 Å². The van der Waals surface area contributed by atoms with Gasteiger partial charge in [0.05, 0.1) is 6.61 Å². The lowest BCUT2D eigenvalue weighted by Crippen LogP contribution is -2.28. The summed E-state index contributed by atoms with van der Waals surface area (Å²) in [5.41, 5.74) is 1.72. The quantitative estimate of drug-likeness (QED) is 0.590. The summed E-state index contributed by atoms with van der Waals surface area (Å²) in [6.07, 6.45) is 0. The van der Waals surface area contributed by atoms with Crippen LogP contribution < -0.4 is 14.8 Å². The van der Waals surface area contributed by atoms with E-state index in [1.165, 1.54) is 0 Å². The summed E-state index contributed by atoms with van der Waals surface area (Å²) in [7, 11) is 0. The van der Waals surface area contributed by atoms with Crippen molar-refractivity contribution < 1.29 is 18.8 Å². The van der Waals surface area contributed by atoms with E-state index in [9.17, 15) is 4.79 Å². The van der Waals surface area contributed by atoms with Crippen LogP contribution in [0.5, 0.6) is 11.5 Å². The van der Waals surface area contributed by atoms with Gasteiger partial charge in [0.2, 0.25) is 0 Å². The molecule has 1 aromatic heterocycles. The second kappa shape index (κ2) is 9.73. The number of carbonyl (C=O) groups is 1. The zero-order valence-electron chi connectivity index (χ0n) is 16.8. The Bertz CT molecular complexity index is 935. The summed E-state index contributed by atoms with van der Waals surface area (Å²) in [5, 5.41) is 6.80. The molecule has 0 fully saturated rings. The van der Waals surface area contributed by atoms with E-state index in [0.29, 0.717) is 30.6 Å². The molecule has 1 N–H and O–H groups in total. The van der Waals surface area contributed by atoms with Crippen molar-refractivity contribution in [1.82, 2.24) is 15.5 Å². The van der Waals surface area contributed by atoms with Crippen molar-refractivity contribution in [2.75, 3.05) is 13.2 Å². The third kappa shape index (κ3) is 5.57. The first-order valence-electron chi connectivity index (χ1n) is 9.61. The third-order valence-electron chi connectivity index (χ3n) is 4.18. The number of aromatic nitrogens is 2. The number of rotatable bonds is 9. The van der Waals surface area contributed by atoms with Gasteiger partial charge in [-0.25, -0.2) is 0 Å². The molecular weight excluding hydrogens is 370 g/mol. The molecule has 0 radical (unpaired) electrons. The fourth-order valence-electron chi connectivity index (χ4n) is 2.62. The van der Waals surface area contributed by atoms with Crippen molar-refractivity contribution in [1.29, 1.82) is 0 Å². The van der Waals surface area contributed by atoms with E-state index < -0.39 is 0 Å². The maximum absolute atomic E-state index is 12.1. The second-order valence-corrected chi connectivity index (χ2v) is 6.74. The number of amides is 1. The maximum atomic E-state index is 12.1. The molecule has 0 aliphatic rings. The Morgan fingerprint density at radius 1 is 1.10 bits per heavy atom. The summed E-state index contributed by atoms with van der Waals surface area (Å²) in [5.74, 6) is 2.48. The highest BCUT2D eigenvalue weighted by atomic mass is 16.5. The first-order chi connectivity index (χ1) is 14.1. The van der Waals surface area contributed by atoms with Gasteiger partial charge in [0, 0.05) is 23.6 Å². The minimum Gasteiger partial charge on any atom is -0.494 e. The molecule has 2 aromatic carbocycles. The van der Waals surface area contributed by atoms with Crippen LogP contribution in [0.4, 0.5) is 0 Å². The third-order valence-corrected chi connectivity index (χ3v) is 4.18. The standard InChI is InChI=1S/C22H25N3O4/c1-4-27-19-8-6-5-7-17(19)13-23-20(26)14-28-18-11-9-16(10-12-18)22-24-21(15(2)3)25-29-22/h5-12,15H,4,13-14H2,1-3H3,(H,23,26). The van der Waals surface area contributed by atoms with Crippen LogP contribution in [-0.2, 0) is 11.3 Å². The average molecular weight is 395 g/mol. The van der Waals surface area contributed by atoms with Crippen LogP contribution in [0.25, 0.3) is 11.5 Å². The van der Waals surface area contributed by atoms with Gasteiger partial charge in [0.1, 0.15) is 11.5 Å². The van der Waals surface area contributed by atoms with Gasteiger partial charge in [-0.15, -0.1) is 0 Å². The molecule has 3 aromatic rings. The van der Waals surface area contributed by atoms with E-state index >= 15 is 0 Å². The Labute approximate surface area is 170 Å². The zero-order valence-corrected chi connectivity index (χ0v) is 16.8. The zero-order chi connectivity index (χ0) is 20.6. The van der Waals surface area contributed by atoms with E-state index in [0.717, 1.165) is 16.9 Å². The van der Waals surface area contributed by atoms with Gasteiger partial charge >= 0.3 is 0 Å². The Morgan fingerprint density at radius 3 is 2.55 bits per heavy atom. The van der Waals surface area contributed by atoms with Gasteiger partial charge in [-0.2, -0.15) is 4.98 Å². The molecule has 1 heterocycles. The predicted octanol–water partition coefficient (Wildman–Crippen LogP) is 3.95. The van der Waals surface area contributed by atoms with Crippen LogP contribution in [0.15, 0.2) is 53.1 Å². The van der Waals surface area contributed by atoms with Gasteiger partial charge in [0.15, 0.2) is 12.4 Å². The highest BCUT2D eigenvalue weighted by Gasteiger charge is 2.12. The van der Waals surface area contributed by atoms with E-state index in [1.54, 1.807) is 12.1 Å². The number of nitrogens with zero attached hydrogens (tertiary/aromatic N) is 2. The average Bonchev–Trinajstić information content (AvgIpc) is 3.23. The minimum absolute atomic E-state index is 0.0752.